The van der Waals surface area contributed by atoms with Crippen LogP contribution in [0.3, 0.4) is 0 Å². The van der Waals surface area contributed by atoms with Crippen LogP contribution in [0.25, 0.3) is 0 Å². The Bertz CT molecular complexity index is 153. The van der Waals surface area contributed by atoms with Crippen LogP contribution in [0.2, 0.25) is 0 Å². The van der Waals surface area contributed by atoms with Crippen molar-refractivity contribution in [2.75, 3.05) is 12.4 Å². The number of aliphatic hydroxyl groups is 1. The molecule has 0 spiro atoms. The van der Waals surface area contributed by atoms with Crippen molar-refractivity contribution in [3.63, 3.8) is 0 Å². The highest BCUT2D eigenvalue weighted by Crippen LogP contribution is 1.91. The molecule has 0 unspecified atom stereocenters. The van der Waals surface area contributed by atoms with Crippen LogP contribution < -0.4 is 0 Å². The van der Waals surface area contributed by atoms with E-state index in [9.17, 15) is 8.42 Å². The minimum atomic E-state index is -3.81. The standard InChI is InChI=1S/C4H10O4S.ClH/c5-3-1-2-4-9(6,7)8;/h5H,1-4H2,(H,6,7,8);1H. The fraction of sp³-hybridized carbons (Fsp3) is 1.00. The van der Waals surface area contributed by atoms with E-state index in [2.05, 4.69) is 0 Å². The predicted molar refractivity (Wildman–Crippen MR) is 40.0 cm³/mol. The van der Waals surface area contributed by atoms with Gasteiger partial charge in [0.1, 0.15) is 0 Å². The smallest absolute Gasteiger partial charge is 0.264 e. The lowest BCUT2D eigenvalue weighted by Crippen LogP contribution is -2.03. The second-order valence-corrected chi connectivity index (χ2v) is 3.29. The Morgan fingerprint density at radius 2 is 1.70 bits per heavy atom. The number of halogens is 1. The molecule has 0 bridgehead atoms. The number of aliphatic hydroxyl groups excluding tert-OH is 1. The molecule has 0 aliphatic heterocycles. The SMILES string of the molecule is Cl.O=S(=O)(O)CCCCO. The van der Waals surface area contributed by atoms with Crippen molar-refractivity contribution in [1.29, 1.82) is 0 Å². The van der Waals surface area contributed by atoms with Crippen LogP contribution in [0.1, 0.15) is 12.8 Å². The number of hydrogen-bond donors (Lipinski definition) is 2. The normalized spacial score (nSPS) is 10.6. The molecule has 0 fully saturated rings. The Labute approximate surface area is 66.4 Å². The molecule has 0 saturated carbocycles. The maximum Gasteiger partial charge on any atom is 0.264 e. The van der Waals surface area contributed by atoms with E-state index in [1.54, 1.807) is 0 Å². The number of rotatable bonds is 4. The van der Waals surface area contributed by atoms with Gasteiger partial charge in [0.25, 0.3) is 10.1 Å². The third kappa shape index (κ3) is 11.0. The first-order valence-corrected chi connectivity index (χ1v) is 4.23. The molecule has 10 heavy (non-hydrogen) atoms. The molecule has 0 aliphatic rings. The number of unbranched alkanes of at least 4 members (excludes halogenated alkanes) is 1. The summed E-state index contributed by atoms with van der Waals surface area (Å²) in [5, 5.41) is 8.19. The molecule has 64 valence electrons. The zero-order chi connectivity index (χ0) is 7.33. The zero-order valence-electron chi connectivity index (χ0n) is 5.36. The van der Waals surface area contributed by atoms with Gasteiger partial charge < -0.3 is 5.11 Å². The highest BCUT2D eigenvalue weighted by molar-refractivity contribution is 7.85. The lowest BCUT2D eigenvalue weighted by Gasteiger charge is -1.92. The molecular formula is C4H11ClO4S. The van der Waals surface area contributed by atoms with Crippen LogP contribution in [-0.4, -0.2) is 30.4 Å². The van der Waals surface area contributed by atoms with Gasteiger partial charge in [-0.15, -0.1) is 12.4 Å². The summed E-state index contributed by atoms with van der Waals surface area (Å²) in [4.78, 5) is 0. The van der Waals surface area contributed by atoms with E-state index in [1.165, 1.54) is 0 Å². The lowest BCUT2D eigenvalue weighted by atomic mass is 10.4. The van der Waals surface area contributed by atoms with Crippen molar-refractivity contribution in [1.82, 2.24) is 0 Å². The van der Waals surface area contributed by atoms with E-state index < -0.39 is 10.1 Å². The molecule has 0 amide bonds. The summed E-state index contributed by atoms with van der Waals surface area (Å²) in [5.74, 6) is -0.256. The summed E-state index contributed by atoms with van der Waals surface area (Å²) < 4.78 is 28.1. The average molecular weight is 191 g/mol. The van der Waals surface area contributed by atoms with Crippen molar-refractivity contribution >= 4 is 22.5 Å². The van der Waals surface area contributed by atoms with Crippen molar-refractivity contribution in [3.8, 4) is 0 Å². The summed E-state index contributed by atoms with van der Waals surface area (Å²) in [6, 6.07) is 0. The maximum atomic E-state index is 9.98. The Morgan fingerprint density at radius 3 is 2.00 bits per heavy atom. The predicted octanol–water partition coefficient (Wildman–Crippen LogP) is 0.0685. The largest absolute Gasteiger partial charge is 0.396 e. The fourth-order valence-electron chi connectivity index (χ4n) is 0.396. The van der Waals surface area contributed by atoms with Gasteiger partial charge in [-0.3, -0.25) is 4.55 Å². The van der Waals surface area contributed by atoms with Crippen molar-refractivity contribution in [3.05, 3.63) is 0 Å². The van der Waals surface area contributed by atoms with E-state index in [0.717, 1.165) is 0 Å². The molecule has 0 heterocycles. The van der Waals surface area contributed by atoms with Gasteiger partial charge in [0.15, 0.2) is 0 Å². The van der Waals surface area contributed by atoms with Crippen LogP contribution in [0, 0.1) is 0 Å². The topological polar surface area (TPSA) is 74.6 Å². The van der Waals surface area contributed by atoms with Crippen LogP contribution in [0.15, 0.2) is 0 Å². The second kappa shape index (κ2) is 5.91. The third-order valence-corrected chi connectivity index (χ3v) is 1.61. The van der Waals surface area contributed by atoms with Gasteiger partial charge >= 0.3 is 0 Å². The summed E-state index contributed by atoms with van der Waals surface area (Å²) in [7, 11) is -3.81. The van der Waals surface area contributed by atoms with Gasteiger partial charge in [0.05, 0.1) is 5.75 Å². The van der Waals surface area contributed by atoms with Gasteiger partial charge in [-0.25, -0.2) is 0 Å². The summed E-state index contributed by atoms with van der Waals surface area (Å²) in [6.45, 7) is -0.0322. The second-order valence-electron chi connectivity index (χ2n) is 1.72. The molecule has 4 nitrogen and oxygen atoms in total. The van der Waals surface area contributed by atoms with E-state index >= 15 is 0 Å². The van der Waals surface area contributed by atoms with Gasteiger partial charge in [-0.1, -0.05) is 0 Å². The molecule has 0 aliphatic carbocycles. The third-order valence-electron chi connectivity index (χ3n) is 0.810. The molecule has 0 aromatic carbocycles. The van der Waals surface area contributed by atoms with Crippen molar-refractivity contribution in [2.24, 2.45) is 0 Å². The van der Waals surface area contributed by atoms with Crippen molar-refractivity contribution in [2.45, 2.75) is 12.8 Å². The molecule has 0 saturated heterocycles. The Balaban J connectivity index is 0. The first-order valence-electron chi connectivity index (χ1n) is 2.62. The maximum absolute atomic E-state index is 9.98. The Morgan fingerprint density at radius 1 is 1.20 bits per heavy atom. The molecular weight excluding hydrogens is 180 g/mol. The zero-order valence-corrected chi connectivity index (χ0v) is 6.99. The molecule has 0 aromatic heterocycles. The molecule has 0 aromatic rings. The van der Waals surface area contributed by atoms with Crippen LogP contribution >= 0.6 is 12.4 Å². The van der Waals surface area contributed by atoms with Crippen LogP contribution in [-0.2, 0) is 10.1 Å². The molecule has 0 rings (SSSR count). The molecule has 0 radical (unpaired) electrons. The van der Waals surface area contributed by atoms with E-state index in [0.29, 0.717) is 12.8 Å². The molecule has 2 N–H and O–H groups in total. The number of hydrogen-bond acceptors (Lipinski definition) is 3. The minimum Gasteiger partial charge on any atom is -0.396 e. The Hall–Kier alpha value is 0.160. The van der Waals surface area contributed by atoms with E-state index in [-0.39, 0.29) is 24.8 Å². The van der Waals surface area contributed by atoms with Gasteiger partial charge in [-0.05, 0) is 12.8 Å². The summed E-state index contributed by atoms with van der Waals surface area (Å²) in [6.07, 6.45) is 0.731. The van der Waals surface area contributed by atoms with Gasteiger partial charge in [0, 0.05) is 6.61 Å². The lowest BCUT2D eigenvalue weighted by molar-refractivity contribution is 0.287. The van der Waals surface area contributed by atoms with Crippen molar-refractivity contribution < 1.29 is 18.1 Å². The summed E-state index contributed by atoms with van der Waals surface area (Å²) in [5.41, 5.74) is 0. The molecule has 0 atom stereocenters. The van der Waals surface area contributed by atoms with E-state index in [4.69, 9.17) is 9.66 Å². The van der Waals surface area contributed by atoms with Gasteiger partial charge in [0.2, 0.25) is 0 Å². The molecule has 6 heteroatoms. The highest BCUT2D eigenvalue weighted by Gasteiger charge is 2.01. The van der Waals surface area contributed by atoms with Crippen LogP contribution in [0.4, 0.5) is 0 Å². The first kappa shape index (κ1) is 12.8. The minimum absolute atomic E-state index is 0. The van der Waals surface area contributed by atoms with E-state index in [1.807, 2.05) is 0 Å². The highest BCUT2D eigenvalue weighted by atomic mass is 35.5. The monoisotopic (exact) mass is 190 g/mol. The van der Waals surface area contributed by atoms with Crippen LogP contribution in [0.5, 0.6) is 0 Å². The quantitative estimate of drug-likeness (QED) is 0.486. The fourth-order valence-corrected chi connectivity index (χ4v) is 0.965. The average Bonchev–Trinajstić information content (AvgIpc) is 1.63. The summed E-state index contributed by atoms with van der Waals surface area (Å²) >= 11 is 0. The Kier molecular flexibility index (Phi) is 7.56. The van der Waals surface area contributed by atoms with Gasteiger partial charge in [-0.2, -0.15) is 8.42 Å². The first-order chi connectivity index (χ1) is 4.06.